The molecule has 0 atom stereocenters. The minimum Gasteiger partial charge on any atom is -0.397 e. The smallest absolute Gasteiger partial charge is 0.226 e. The van der Waals surface area contributed by atoms with E-state index in [0.717, 1.165) is 43.2 Å². The van der Waals surface area contributed by atoms with Gasteiger partial charge in [0.2, 0.25) is 5.95 Å². The van der Waals surface area contributed by atoms with Crippen LogP contribution in [-0.4, -0.2) is 36.3 Å². The number of aromatic nitrogens is 2. The Morgan fingerprint density at radius 3 is 2.88 bits per heavy atom. The Labute approximate surface area is 99.2 Å². The summed E-state index contributed by atoms with van der Waals surface area (Å²) in [5.74, 6) is 0.735. The highest BCUT2D eigenvalue weighted by Gasteiger charge is 2.14. The molecule has 1 aromatic heterocycles. The van der Waals surface area contributed by atoms with Crippen molar-refractivity contribution in [3.8, 4) is 0 Å². The molecule has 2 aromatic rings. The van der Waals surface area contributed by atoms with Gasteiger partial charge in [0.25, 0.3) is 0 Å². The summed E-state index contributed by atoms with van der Waals surface area (Å²) in [6.45, 7) is 3.12. The third-order valence-corrected chi connectivity index (χ3v) is 2.92. The number of hydrogen-bond donors (Lipinski definition) is 1. The van der Waals surface area contributed by atoms with Gasteiger partial charge in [-0.3, -0.25) is 0 Å². The largest absolute Gasteiger partial charge is 0.397 e. The molecule has 1 aliphatic heterocycles. The van der Waals surface area contributed by atoms with Crippen LogP contribution in [0.25, 0.3) is 10.9 Å². The van der Waals surface area contributed by atoms with E-state index in [4.69, 9.17) is 10.5 Å². The van der Waals surface area contributed by atoms with Crippen molar-refractivity contribution in [1.82, 2.24) is 9.97 Å². The Morgan fingerprint density at radius 2 is 2.06 bits per heavy atom. The predicted molar refractivity (Wildman–Crippen MR) is 67.0 cm³/mol. The molecule has 0 bridgehead atoms. The second-order valence-electron chi connectivity index (χ2n) is 4.05. The quantitative estimate of drug-likeness (QED) is 0.742. The molecule has 3 rings (SSSR count). The summed E-state index contributed by atoms with van der Waals surface area (Å²) in [7, 11) is 0. The molecule has 5 nitrogen and oxygen atoms in total. The van der Waals surface area contributed by atoms with Crippen LogP contribution in [-0.2, 0) is 4.74 Å². The number of nitrogens with two attached hydrogens (primary N) is 1. The fourth-order valence-electron chi connectivity index (χ4n) is 1.99. The molecule has 2 heterocycles. The highest BCUT2D eigenvalue weighted by atomic mass is 16.5. The lowest BCUT2D eigenvalue weighted by Crippen LogP contribution is -2.37. The van der Waals surface area contributed by atoms with Crippen molar-refractivity contribution in [2.45, 2.75) is 0 Å². The molecule has 88 valence electrons. The lowest BCUT2D eigenvalue weighted by atomic mass is 10.2. The van der Waals surface area contributed by atoms with E-state index in [9.17, 15) is 0 Å². The zero-order valence-electron chi connectivity index (χ0n) is 9.47. The van der Waals surface area contributed by atoms with E-state index in [1.165, 1.54) is 0 Å². The van der Waals surface area contributed by atoms with Gasteiger partial charge in [-0.25, -0.2) is 9.97 Å². The van der Waals surface area contributed by atoms with Crippen LogP contribution < -0.4 is 10.6 Å². The summed E-state index contributed by atoms with van der Waals surface area (Å²) in [6, 6.07) is 5.74. The van der Waals surface area contributed by atoms with Crippen molar-refractivity contribution >= 4 is 22.5 Å². The second kappa shape index (κ2) is 4.18. The number of benzene rings is 1. The summed E-state index contributed by atoms with van der Waals surface area (Å²) >= 11 is 0. The monoisotopic (exact) mass is 230 g/mol. The highest BCUT2D eigenvalue weighted by Crippen LogP contribution is 2.20. The van der Waals surface area contributed by atoms with E-state index in [1.54, 1.807) is 0 Å². The van der Waals surface area contributed by atoms with Gasteiger partial charge in [-0.05, 0) is 6.07 Å². The van der Waals surface area contributed by atoms with Gasteiger partial charge >= 0.3 is 0 Å². The zero-order valence-corrected chi connectivity index (χ0v) is 9.47. The maximum absolute atomic E-state index is 5.92. The molecule has 1 fully saturated rings. The average Bonchev–Trinajstić information content (AvgIpc) is 2.40. The number of hydrogen-bond acceptors (Lipinski definition) is 5. The minimum atomic E-state index is 0.694. The number of morpholine rings is 1. The summed E-state index contributed by atoms with van der Waals surface area (Å²) in [5.41, 5.74) is 7.44. The van der Waals surface area contributed by atoms with E-state index >= 15 is 0 Å². The maximum atomic E-state index is 5.92. The molecule has 0 aliphatic carbocycles. The zero-order chi connectivity index (χ0) is 11.7. The van der Waals surface area contributed by atoms with Gasteiger partial charge in [-0.1, -0.05) is 12.1 Å². The van der Waals surface area contributed by atoms with Crippen LogP contribution in [0.5, 0.6) is 0 Å². The van der Waals surface area contributed by atoms with Crippen LogP contribution in [0, 0.1) is 0 Å². The first-order valence-electron chi connectivity index (χ1n) is 5.68. The van der Waals surface area contributed by atoms with Crippen molar-refractivity contribution < 1.29 is 4.74 Å². The lowest BCUT2D eigenvalue weighted by molar-refractivity contribution is 0.122. The Bertz CT molecular complexity index is 537. The third kappa shape index (κ3) is 1.89. The second-order valence-corrected chi connectivity index (χ2v) is 4.05. The molecule has 1 aromatic carbocycles. The lowest BCUT2D eigenvalue weighted by Gasteiger charge is -2.26. The van der Waals surface area contributed by atoms with Crippen molar-refractivity contribution in [3.63, 3.8) is 0 Å². The fourth-order valence-corrected chi connectivity index (χ4v) is 1.99. The first kappa shape index (κ1) is 10.3. The number of nitrogens with zero attached hydrogens (tertiary/aromatic N) is 3. The van der Waals surface area contributed by atoms with Crippen LogP contribution in [0.3, 0.4) is 0 Å². The molecule has 0 amide bonds. The first-order chi connectivity index (χ1) is 8.34. The summed E-state index contributed by atoms with van der Waals surface area (Å²) in [5, 5.41) is 0.974. The minimum absolute atomic E-state index is 0.694. The van der Waals surface area contributed by atoms with Gasteiger partial charge in [0.15, 0.2) is 0 Å². The maximum Gasteiger partial charge on any atom is 0.226 e. The summed E-state index contributed by atoms with van der Waals surface area (Å²) < 4.78 is 5.31. The Balaban J connectivity index is 2.03. The van der Waals surface area contributed by atoms with Crippen molar-refractivity contribution in [2.75, 3.05) is 36.9 Å². The Morgan fingerprint density at radius 1 is 1.24 bits per heavy atom. The van der Waals surface area contributed by atoms with Crippen molar-refractivity contribution in [3.05, 3.63) is 24.4 Å². The van der Waals surface area contributed by atoms with Gasteiger partial charge in [-0.15, -0.1) is 0 Å². The number of ether oxygens (including phenoxy) is 1. The Hall–Kier alpha value is -1.88. The van der Waals surface area contributed by atoms with E-state index in [1.807, 2.05) is 24.4 Å². The van der Waals surface area contributed by atoms with E-state index < -0.39 is 0 Å². The standard InChI is InChI=1S/C12H14N4O/c13-10-3-1-2-9-8-14-12(15-11(9)10)16-4-6-17-7-5-16/h1-3,8H,4-7,13H2. The molecule has 0 saturated carbocycles. The molecule has 0 spiro atoms. The molecule has 1 aliphatic rings. The molecule has 0 radical (unpaired) electrons. The van der Waals surface area contributed by atoms with Crippen LogP contribution >= 0.6 is 0 Å². The van der Waals surface area contributed by atoms with Gasteiger partial charge in [0.05, 0.1) is 24.4 Å². The average molecular weight is 230 g/mol. The number of nitrogen functional groups attached to an aromatic ring is 1. The number of para-hydroxylation sites is 1. The third-order valence-electron chi connectivity index (χ3n) is 2.92. The molecule has 2 N–H and O–H groups in total. The van der Waals surface area contributed by atoms with Crippen molar-refractivity contribution in [2.24, 2.45) is 0 Å². The molecule has 0 unspecified atom stereocenters. The van der Waals surface area contributed by atoms with E-state index in [2.05, 4.69) is 14.9 Å². The van der Waals surface area contributed by atoms with E-state index in [0.29, 0.717) is 5.69 Å². The normalized spacial score (nSPS) is 16.4. The number of anilines is 2. The topological polar surface area (TPSA) is 64.3 Å². The molecular formula is C12H14N4O. The SMILES string of the molecule is Nc1cccc2cnc(N3CCOCC3)nc12. The highest BCUT2D eigenvalue weighted by molar-refractivity contribution is 5.89. The fraction of sp³-hybridized carbons (Fsp3) is 0.333. The molecule has 1 saturated heterocycles. The molecular weight excluding hydrogens is 216 g/mol. The van der Waals surface area contributed by atoms with Crippen LogP contribution in [0.1, 0.15) is 0 Å². The van der Waals surface area contributed by atoms with E-state index in [-0.39, 0.29) is 0 Å². The number of fused-ring (bicyclic) bond motifs is 1. The predicted octanol–water partition coefficient (Wildman–Crippen LogP) is 1.05. The van der Waals surface area contributed by atoms with Gasteiger partial charge in [0.1, 0.15) is 0 Å². The van der Waals surface area contributed by atoms with Crippen LogP contribution in [0.15, 0.2) is 24.4 Å². The van der Waals surface area contributed by atoms with Gasteiger partial charge in [0, 0.05) is 24.7 Å². The summed E-state index contributed by atoms with van der Waals surface area (Å²) in [6.07, 6.45) is 1.82. The van der Waals surface area contributed by atoms with Crippen molar-refractivity contribution in [1.29, 1.82) is 0 Å². The molecule has 5 heteroatoms. The number of rotatable bonds is 1. The molecule has 17 heavy (non-hydrogen) atoms. The van der Waals surface area contributed by atoms with Crippen LogP contribution in [0.4, 0.5) is 11.6 Å². The van der Waals surface area contributed by atoms with Gasteiger partial charge in [-0.2, -0.15) is 0 Å². The Kier molecular flexibility index (Phi) is 2.53. The van der Waals surface area contributed by atoms with Gasteiger partial charge < -0.3 is 15.4 Å². The summed E-state index contributed by atoms with van der Waals surface area (Å²) in [4.78, 5) is 11.0. The first-order valence-corrected chi connectivity index (χ1v) is 5.68. The van der Waals surface area contributed by atoms with Crippen LogP contribution in [0.2, 0.25) is 0 Å².